The fourth-order valence-corrected chi connectivity index (χ4v) is 1.93. The standard InChI is InChI=1S/C15H20N2O3/c1-11(15(18)17-7-3-9-19-2)20-13-4-5-14-12(10-13)6-8-16-14/h4-6,8,10-11,16H,3,7,9H2,1-2H3,(H,17,18). The topological polar surface area (TPSA) is 63.4 Å². The molecule has 0 spiro atoms. The molecule has 1 heterocycles. The van der Waals surface area contributed by atoms with Gasteiger partial charge in [-0.25, -0.2) is 0 Å². The Kier molecular flexibility index (Phi) is 5.01. The zero-order valence-corrected chi connectivity index (χ0v) is 11.8. The first-order chi connectivity index (χ1) is 9.70. The second-order valence-electron chi connectivity index (χ2n) is 4.62. The zero-order valence-electron chi connectivity index (χ0n) is 11.8. The number of carbonyl (C=O) groups is 1. The summed E-state index contributed by atoms with van der Waals surface area (Å²) in [5.74, 6) is 0.576. The number of aromatic amines is 1. The summed E-state index contributed by atoms with van der Waals surface area (Å²) in [7, 11) is 1.64. The summed E-state index contributed by atoms with van der Waals surface area (Å²) >= 11 is 0. The number of methoxy groups -OCH3 is 1. The summed E-state index contributed by atoms with van der Waals surface area (Å²) in [6, 6.07) is 7.68. The van der Waals surface area contributed by atoms with Crippen molar-refractivity contribution in [2.45, 2.75) is 19.4 Å². The monoisotopic (exact) mass is 276 g/mol. The number of H-pyrrole nitrogens is 1. The number of rotatable bonds is 7. The van der Waals surface area contributed by atoms with Crippen molar-refractivity contribution in [1.29, 1.82) is 0 Å². The highest BCUT2D eigenvalue weighted by atomic mass is 16.5. The maximum absolute atomic E-state index is 11.8. The van der Waals surface area contributed by atoms with Gasteiger partial charge in [-0.1, -0.05) is 0 Å². The Morgan fingerprint density at radius 2 is 2.25 bits per heavy atom. The van der Waals surface area contributed by atoms with Crippen molar-refractivity contribution in [3.05, 3.63) is 30.5 Å². The number of carbonyl (C=O) groups excluding carboxylic acids is 1. The quantitative estimate of drug-likeness (QED) is 0.761. The molecule has 5 nitrogen and oxygen atoms in total. The largest absolute Gasteiger partial charge is 0.481 e. The smallest absolute Gasteiger partial charge is 0.260 e. The van der Waals surface area contributed by atoms with E-state index in [0.717, 1.165) is 17.3 Å². The Hall–Kier alpha value is -2.01. The Morgan fingerprint density at radius 3 is 3.05 bits per heavy atom. The molecule has 1 aromatic heterocycles. The number of benzene rings is 1. The second kappa shape index (κ2) is 6.96. The van der Waals surface area contributed by atoms with Gasteiger partial charge in [0, 0.05) is 37.4 Å². The molecule has 1 atom stereocenters. The minimum Gasteiger partial charge on any atom is -0.481 e. The van der Waals surface area contributed by atoms with E-state index in [9.17, 15) is 4.79 Å². The minimum absolute atomic E-state index is 0.115. The van der Waals surface area contributed by atoms with Crippen molar-refractivity contribution >= 4 is 16.8 Å². The molecule has 0 bridgehead atoms. The van der Waals surface area contributed by atoms with E-state index in [1.54, 1.807) is 14.0 Å². The molecule has 20 heavy (non-hydrogen) atoms. The zero-order chi connectivity index (χ0) is 14.4. The normalized spacial score (nSPS) is 12.3. The summed E-state index contributed by atoms with van der Waals surface area (Å²) in [4.78, 5) is 15.0. The Morgan fingerprint density at radius 1 is 1.40 bits per heavy atom. The molecule has 0 saturated heterocycles. The molecule has 2 aromatic rings. The lowest BCUT2D eigenvalue weighted by Gasteiger charge is -2.14. The van der Waals surface area contributed by atoms with E-state index in [2.05, 4.69) is 10.3 Å². The third kappa shape index (κ3) is 3.74. The van der Waals surface area contributed by atoms with Crippen molar-refractivity contribution in [2.75, 3.05) is 20.3 Å². The van der Waals surface area contributed by atoms with Gasteiger partial charge in [-0.2, -0.15) is 0 Å². The van der Waals surface area contributed by atoms with Crippen LogP contribution in [0.5, 0.6) is 5.75 Å². The Balaban J connectivity index is 1.86. The number of fused-ring (bicyclic) bond motifs is 1. The second-order valence-corrected chi connectivity index (χ2v) is 4.62. The first-order valence-corrected chi connectivity index (χ1v) is 6.71. The van der Waals surface area contributed by atoms with Crippen molar-refractivity contribution in [2.24, 2.45) is 0 Å². The summed E-state index contributed by atoms with van der Waals surface area (Å²) in [5, 5.41) is 3.88. The summed E-state index contributed by atoms with van der Waals surface area (Å²) in [6.07, 6.45) is 2.15. The predicted molar refractivity (Wildman–Crippen MR) is 77.9 cm³/mol. The van der Waals surface area contributed by atoms with Crippen LogP contribution in [0.1, 0.15) is 13.3 Å². The van der Waals surface area contributed by atoms with Gasteiger partial charge in [0.05, 0.1) is 0 Å². The average molecular weight is 276 g/mol. The molecule has 1 aromatic carbocycles. The lowest BCUT2D eigenvalue weighted by Crippen LogP contribution is -2.37. The number of hydrogen-bond donors (Lipinski definition) is 2. The van der Waals surface area contributed by atoms with Gasteiger partial charge in [-0.15, -0.1) is 0 Å². The van der Waals surface area contributed by atoms with Crippen molar-refractivity contribution < 1.29 is 14.3 Å². The number of amides is 1. The van der Waals surface area contributed by atoms with Crippen LogP contribution >= 0.6 is 0 Å². The number of aromatic nitrogens is 1. The van der Waals surface area contributed by atoms with Crippen LogP contribution in [0.3, 0.4) is 0 Å². The van der Waals surface area contributed by atoms with Crippen molar-refractivity contribution in [3.63, 3.8) is 0 Å². The van der Waals surface area contributed by atoms with Crippen molar-refractivity contribution in [3.8, 4) is 5.75 Å². The molecule has 0 aliphatic heterocycles. The maximum Gasteiger partial charge on any atom is 0.260 e. The molecular formula is C15H20N2O3. The predicted octanol–water partition coefficient (Wildman–Crippen LogP) is 2.09. The molecule has 5 heteroatoms. The van der Waals surface area contributed by atoms with Crippen LogP contribution in [0.4, 0.5) is 0 Å². The molecule has 0 aliphatic carbocycles. The SMILES string of the molecule is COCCCNC(=O)C(C)Oc1ccc2[nH]ccc2c1. The molecule has 108 valence electrons. The molecular weight excluding hydrogens is 256 g/mol. The lowest BCUT2D eigenvalue weighted by molar-refractivity contribution is -0.127. The van der Waals surface area contributed by atoms with Gasteiger partial charge < -0.3 is 19.8 Å². The third-order valence-electron chi connectivity index (χ3n) is 3.03. The van der Waals surface area contributed by atoms with Gasteiger partial charge in [0.25, 0.3) is 5.91 Å². The molecule has 1 unspecified atom stereocenters. The molecule has 2 rings (SSSR count). The first-order valence-electron chi connectivity index (χ1n) is 6.71. The summed E-state index contributed by atoms with van der Waals surface area (Å²) in [5.41, 5.74) is 1.05. The van der Waals surface area contributed by atoms with Gasteiger partial charge >= 0.3 is 0 Å². The van der Waals surface area contributed by atoms with Crippen LogP contribution in [-0.2, 0) is 9.53 Å². The van der Waals surface area contributed by atoms with E-state index in [1.165, 1.54) is 0 Å². The fourth-order valence-electron chi connectivity index (χ4n) is 1.93. The van der Waals surface area contributed by atoms with Gasteiger partial charge in [0.1, 0.15) is 5.75 Å². The number of hydrogen-bond acceptors (Lipinski definition) is 3. The van der Waals surface area contributed by atoms with Gasteiger partial charge in [-0.05, 0) is 37.6 Å². The van der Waals surface area contributed by atoms with E-state index in [-0.39, 0.29) is 5.91 Å². The average Bonchev–Trinajstić information content (AvgIpc) is 2.90. The number of ether oxygens (including phenoxy) is 2. The summed E-state index contributed by atoms with van der Waals surface area (Å²) in [6.45, 7) is 2.98. The molecule has 0 radical (unpaired) electrons. The fraction of sp³-hybridized carbons (Fsp3) is 0.400. The van der Waals surface area contributed by atoms with Gasteiger partial charge in [-0.3, -0.25) is 4.79 Å². The molecule has 1 amide bonds. The lowest BCUT2D eigenvalue weighted by atomic mass is 10.2. The highest BCUT2D eigenvalue weighted by Crippen LogP contribution is 2.20. The van der Waals surface area contributed by atoms with Crippen LogP contribution in [0.15, 0.2) is 30.5 Å². The van der Waals surface area contributed by atoms with Crippen LogP contribution in [0, 0.1) is 0 Å². The van der Waals surface area contributed by atoms with Gasteiger partial charge in [0.15, 0.2) is 6.10 Å². The highest BCUT2D eigenvalue weighted by molar-refractivity contribution is 5.82. The first kappa shape index (κ1) is 14.4. The van der Waals surface area contributed by atoms with Crippen LogP contribution in [0.2, 0.25) is 0 Å². The van der Waals surface area contributed by atoms with E-state index >= 15 is 0 Å². The van der Waals surface area contributed by atoms with Crippen LogP contribution < -0.4 is 10.1 Å². The van der Waals surface area contributed by atoms with Crippen molar-refractivity contribution in [1.82, 2.24) is 10.3 Å². The van der Waals surface area contributed by atoms with Crippen LogP contribution in [0.25, 0.3) is 10.9 Å². The molecule has 0 aliphatic rings. The summed E-state index contributed by atoms with van der Waals surface area (Å²) < 4.78 is 10.6. The highest BCUT2D eigenvalue weighted by Gasteiger charge is 2.14. The molecule has 0 fully saturated rings. The number of nitrogens with one attached hydrogen (secondary N) is 2. The molecule has 0 saturated carbocycles. The Bertz CT molecular complexity index is 565. The van der Waals surface area contributed by atoms with E-state index in [1.807, 2.05) is 30.5 Å². The van der Waals surface area contributed by atoms with E-state index in [4.69, 9.17) is 9.47 Å². The van der Waals surface area contributed by atoms with Gasteiger partial charge in [0.2, 0.25) is 0 Å². The third-order valence-corrected chi connectivity index (χ3v) is 3.03. The van der Waals surface area contributed by atoms with E-state index in [0.29, 0.717) is 18.9 Å². The Labute approximate surface area is 118 Å². The maximum atomic E-state index is 11.8. The minimum atomic E-state index is -0.520. The van der Waals surface area contributed by atoms with E-state index < -0.39 is 6.10 Å². The van der Waals surface area contributed by atoms with Crippen LogP contribution in [-0.4, -0.2) is 37.3 Å². The molecule has 2 N–H and O–H groups in total.